The molecular weight excluding hydrogens is 394 g/mol. The largest absolute Gasteiger partial charge is 0.361 e. The first-order valence-electron chi connectivity index (χ1n) is 8.25. The molecule has 0 spiro atoms. The molecule has 1 radical (unpaired) electrons. The fraction of sp³-hybridized carbons (Fsp3) is 0.263. The van der Waals surface area contributed by atoms with Crippen molar-refractivity contribution in [3.63, 3.8) is 0 Å². The Morgan fingerprint density at radius 2 is 1.88 bits per heavy atom. The van der Waals surface area contributed by atoms with Gasteiger partial charge in [-0.1, -0.05) is 43.4 Å². The van der Waals surface area contributed by atoms with E-state index in [0.29, 0.717) is 6.73 Å². The third-order valence-corrected chi connectivity index (χ3v) is 5.48. The van der Waals surface area contributed by atoms with Gasteiger partial charge in [-0.25, -0.2) is 9.97 Å². The molecular formula is C19H21BrN3OSi. The van der Waals surface area contributed by atoms with Crippen molar-refractivity contribution >= 4 is 24.7 Å². The molecule has 129 valence electrons. The predicted octanol–water partition coefficient (Wildman–Crippen LogP) is 5.10. The summed E-state index contributed by atoms with van der Waals surface area (Å²) in [4.78, 5) is 9.15. The summed E-state index contributed by atoms with van der Waals surface area (Å²) in [6.45, 7) is 5.90. The number of aromatic nitrogens is 3. The summed E-state index contributed by atoms with van der Waals surface area (Å²) in [6, 6.07) is 15.3. The lowest BCUT2D eigenvalue weighted by molar-refractivity contribution is 0.0886. The number of rotatable bonds is 7. The number of imidazole rings is 1. The molecule has 0 atom stereocenters. The van der Waals surface area contributed by atoms with Gasteiger partial charge >= 0.3 is 0 Å². The lowest BCUT2D eigenvalue weighted by atomic mass is 10.2. The number of halogens is 1. The zero-order valence-electron chi connectivity index (χ0n) is 14.4. The van der Waals surface area contributed by atoms with Crippen LogP contribution >= 0.6 is 15.9 Å². The lowest BCUT2D eigenvalue weighted by Gasteiger charge is -2.09. The number of hydrogen-bond donors (Lipinski definition) is 0. The molecule has 1 aromatic carbocycles. The quantitative estimate of drug-likeness (QED) is 0.306. The Hall–Kier alpha value is -1.76. The van der Waals surface area contributed by atoms with Crippen LogP contribution < -0.4 is 0 Å². The van der Waals surface area contributed by atoms with Crippen LogP contribution in [0, 0.1) is 0 Å². The van der Waals surface area contributed by atoms with Crippen molar-refractivity contribution in [2.75, 3.05) is 6.61 Å². The first-order chi connectivity index (χ1) is 12.1. The molecule has 0 aliphatic rings. The van der Waals surface area contributed by atoms with Crippen molar-refractivity contribution in [3.05, 3.63) is 59.5 Å². The first kappa shape index (κ1) is 18.0. The lowest BCUT2D eigenvalue weighted by Crippen LogP contribution is -2.09. The maximum Gasteiger partial charge on any atom is 0.144 e. The average Bonchev–Trinajstić information content (AvgIpc) is 3.04. The van der Waals surface area contributed by atoms with Crippen LogP contribution in [-0.2, 0) is 11.5 Å². The Morgan fingerprint density at radius 3 is 2.56 bits per heavy atom. The van der Waals surface area contributed by atoms with Crippen molar-refractivity contribution in [2.24, 2.45) is 0 Å². The zero-order valence-corrected chi connectivity index (χ0v) is 17.0. The SMILES string of the molecule is C[Si](C)CCOCn1cc(-c2ccccc2)nc1-c1ccc(Br)nc1. The Bertz CT molecular complexity index is 803. The summed E-state index contributed by atoms with van der Waals surface area (Å²) in [5, 5.41) is 0. The van der Waals surface area contributed by atoms with Gasteiger partial charge < -0.3 is 9.30 Å². The highest BCUT2D eigenvalue weighted by Crippen LogP contribution is 2.25. The van der Waals surface area contributed by atoms with Gasteiger partial charge in [-0.2, -0.15) is 0 Å². The van der Waals surface area contributed by atoms with Crippen LogP contribution in [-0.4, -0.2) is 29.9 Å². The predicted molar refractivity (Wildman–Crippen MR) is 107 cm³/mol. The second kappa shape index (κ2) is 8.56. The van der Waals surface area contributed by atoms with Crippen LogP contribution in [0.3, 0.4) is 0 Å². The highest BCUT2D eigenvalue weighted by atomic mass is 79.9. The fourth-order valence-electron chi connectivity index (χ4n) is 2.44. The maximum atomic E-state index is 5.88. The van der Waals surface area contributed by atoms with Crippen molar-refractivity contribution in [3.8, 4) is 22.6 Å². The van der Waals surface area contributed by atoms with E-state index in [1.165, 1.54) is 0 Å². The average molecular weight is 415 g/mol. The van der Waals surface area contributed by atoms with Gasteiger partial charge in [0.05, 0.1) is 5.69 Å². The van der Waals surface area contributed by atoms with Gasteiger partial charge in [-0.05, 0) is 34.1 Å². The highest BCUT2D eigenvalue weighted by Gasteiger charge is 2.12. The third-order valence-electron chi connectivity index (χ3n) is 3.81. The van der Waals surface area contributed by atoms with Crippen molar-refractivity contribution in [1.29, 1.82) is 0 Å². The van der Waals surface area contributed by atoms with E-state index in [2.05, 4.69) is 56.9 Å². The van der Waals surface area contributed by atoms with Crippen LogP contribution in [0.4, 0.5) is 0 Å². The van der Waals surface area contributed by atoms with Crippen LogP contribution in [0.5, 0.6) is 0 Å². The fourth-order valence-corrected chi connectivity index (χ4v) is 3.23. The van der Waals surface area contributed by atoms with Crippen molar-refractivity contribution < 1.29 is 4.74 Å². The standard InChI is InChI=1S/C19H21BrN3OSi/c1-25(2)11-10-24-14-23-13-17(15-6-4-3-5-7-15)22-19(23)16-8-9-18(20)21-12-16/h3-9,12-13H,10-11,14H2,1-2H3. The summed E-state index contributed by atoms with van der Waals surface area (Å²) >= 11 is 3.38. The molecule has 0 aliphatic carbocycles. The van der Waals surface area contributed by atoms with E-state index in [-0.39, 0.29) is 8.80 Å². The van der Waals surface area contributed by atoms with Gasteiger partial charge in [0.2, 0.25) is 0 Å². The van der Waals surface area contributed by atoms with Crippen LogP contribution in [0.2, 0.25) is 19.1 Å². The minimum atomic E-state index is -0.257. The second-order valence-electron chi connectivity index (χ2n) is 6.15. The molecule has 2 heterocycles. The van der Waals surface area contributed by atoms with E-state index in [0.717, 1.165) is 39.9 Å². The van der Waals surface area contributed by atoms with Gasteiger partial charge in [0, 0.05) is 38.9 Å². The van der Waals surface area contributed by atoms with E-state index < -0.39 is 0 Å². The zero-order chi connectivity index (χ0) is 17.6. The summed E-state index contributed by atoms with van der Waals surface area (Å²) < 4.78 is 8.76. The minimum absolute atomic E-state index is 0.257. The Kier molecular flexibility index (Phi) is 6.17. The number of pyridine rings is 1. The maximum absolute atomic E-state index is 5.88. The molecule has 0 aliphatic heterocycles. The van der Waals surface area contributed by atoms with E-state index in [1.54, 1.807) is 0 Å². The second-order valence-corrected chi connectivity index (χ2v) is 9.88. The minimum Gasteiger partial charge on any atom is -0.361 e. The summed E-state index contributed by atoms with van der Waals surface area (Å²) in [5.74, 6) is 0.873. The summed E-state index contributed by atoms with van der Waals surface area (Å²) in [5.41, 5.74) is 3.02. The molecule has 0 saturated heterocycles. The molecule has 3 aromatic rings. The molecule has 0 fully saturated rings. The smallest absolute Gasteiger partial charge is 0.144 e. The van der Waals surface area contributed by atoms with Gasteiger partial charge in [-0.3, -0.25) is 0 Å². The molecule has 0 amide bonds. The van der Waals surface area contributed by atoms with Gasteiger partial charge in [0.25, 0.3) is 0 Å². The van der Waals surface area contributed by atoms with Crippen molar-refractivity contribution in [1.82, 2.24) is 14.5 Å². The highest BCUT2D eigenvalue weighted by molar-refractivity contribution is 9.10. The van der Waals surface area contributed by atoms with Crippen LogP contribution in [0.25, 0.3) is 22.6 Å². The summed E-state index contributed by atoms with van der Waals surface area (Å²) in [6.07, 6.45) is 3.88. The molecule has 6 heteroatoms. The number of benzene rings is 1. The molecule has 2 aromatic heterocycles. The molecule has 4 nitrogen and oxygen atoms in total. The molecule has 3 rings (SSSR count). The molecule has 0 bridgehead atoms. The number of nitrogens with zero attached hydrogens (tertiary/aromatic N) is 3. The van der Waals surface area contributed by atoms with Gasteiger partial charge in [-0.15, -0.1) is 0 Å². The van der Waals surface area contributed by atoms with E-state index in [9.17, 15) is 0 Å². The van der Waals surface area contributed by atoms with E-state index in [1.807, 2.05) is 36.5 Å². The molecule has 25 heavy (non-hydrogen) atoms. The Morgan fingerprint density at radius 1 is 1.08 bits per heavy atom. The Labute approximate surface area is 158 Å². The Balaban J connectivity index is 1.88. The molecule has 0 N–H and O–H groups in total. The third kappa shape index (κ3) is 4.87. The van der Waals surface area contributed by atoms with Gasteiger partial charge in [0.15, 0.2) is 0 Å². The van der Waals surface area contributed by atoms with Gasteiger partial charge in [0.1, 0.15) is 17.2 Å². The monoisotopic (exact) mass is 414 g/mol. The van der Waals surface area contributed by atoms with Crippen LogP contribution in [0.1, 0.15) is 0 Å². The summed E-state index contributed by atoms with van der Waals surface area (Å²) in [7, 11) is -0.257. The number of hydrogen-bond acceptors (Lipinski definition) is 3. The first-order valence-corrected chi connectivity index (χ1v) is 11.7. The number of ether oxygens (including phenoxy) is 1. The van der Waals surface area contributed by atoms with Crippen LogP contribution in [0.15, 0.2) is 59.5 Å². The normalized spacial score (nSPS) is 11.2. The topological polar surface area (TPSA) is 39.9 Å². The van der Waals surface area contributed by atoms with E-state index >= 15 is 0 Å². The van der Waals surface area contributed by atoms with Crippen molar-refractivity contribution in [2.45, 2.75) is 25.9 Å². The molecule has 0 saturated carbocycles. The van der Waals surface area contributed by atoms with E-state index in [4.69, 9.17) is 9.72 Å². The molecule has 0 unspecified atom stereocenters.